The number of aromatic nitrogens is 2. The van der Waals surface area contributed by atoms with Gasteiger partial charge in [-0.2, -0.15) is 5.26 Å². The fourth-order valence-electron chi connectivity index (χ4n) is 3.09. The predicted molar refractivity (Wildman–Crippen MR) is 97.7 cm³/mol. The molecule has 1 aliphatic carbocycles. The SMILES string of the molecule is N#CC(C(=O)Nc1ccc(F)cc1)C(=O)c1[nH][nH]c2c3cc(F)ccc3cc1-2. The Kier molecular flexibility index (Phi) is 4.12. The Bertz CT molecular complexity index is 1220. The van der Waals surface area contributed by atoms with E-state index < -0.39 is 29.2 Å². The van der Waals surface area contributed by atoms with Gasteiger partial charge < -0.3 is 5.32 Å². The summed E-state index contributed by atoms with van der Waals surface area (Å²) in [7, 11) is 0. The average Bonchev–Trinajstić information content (AvgIpc) is 3.23. The van der Waals surface area contributed by atoms with Crippen LogP contribution in [0.2, 0.25) is 0 Å². The number of hydrogen-bond acceptors (Lipinski definition) is 3. The molecule has 28 heavy (non-hydrogen) atoms. The van der Waals surface area contributed by atoms with Crippen LogP contribution in [0.5, 0.6) is 0 Å². The van der Waals surface area contributed by atoms with Gasteiger partial charge in [0.1, 0.15) is 17.3 Å². The zero-order valence-electron chi connectivity index (χ0n) is 14.2. The third-order valence-electron chi connectivity index (χ3n) is 4.45. The third kappa shape index (κ3) is 2.89. The molecule has 2 aliphatic rings. The lowest BCUT2D eigenvalue weighted by Gasteiger charge is -2.09. The molecule has 0 aromatic heterocycles. The number of carbonyl (C=O) groups excluding carboxylic acids is 2. The summed E-state index contributed by atoms with van der Waals surface area (Å²) in [6.45, 7) is 0. The molecule has 1 amide bonds. The third-order valence-corrected chi connectivity index (χ3v) is 4.45. The molecule has 2 aromatic carbocycles. The van der Waals surface area contributed by atoms with Crippen molar-refractivity contribution in [2.24, 2.45) is 5.92 Å². The predicted octanol–water partition coefficient (Wildman–Crippen LogP) is 3.84. The summed E-state index contributed by atoms with van der Waals surface area (Å²) in [5, 5.41) is 18.6. The summed E-state index contributed by atoms with van der Waals surface area (Å²) in [6.07, 6.45) is 0. The van der Waals surface area contributed by atoms with Crippen molar-refractivity contribution in [3.63, 3.8) is 0 Å². The second kappa shape index (κ2) is 6.63. The first-order valence-corrected chi connectivity index (χ1v) is 8.26. The van der Waals surface area contributed by atoms with E-state index >= 15 is 0 Å². The molecule has 0 fully saturated rings. The summed E-state index contributed by atoms with van der Waals surface area (Å²) < 4.78 is 26.5. The molecule has 1 atom stereocenters. The lowest BCUT2D eigenvalue weighted by molar-refractivity contribution is -0.117. The lowest BCUT2D eigenvalue weighted by atomic mass is 9.99. The van der Waals surface area contributed by atoms with Gasteiger partial charge in [0.15, 0.2) is 5.92 Å². The molecule has 0 spiro atoms. The number of aromatic amines is 2. The molecule has 2 aromatic rings. The molecule has 1 heterocycles. The monoisotopic (exact) mass is 378 g/mol. The van der Waals surface area contributed by atoms with Gasteiger partial charge in [-0.3, -0.25) is 19.8 Å². The molecule has 0 radical (unpaired) electrons. The van der Waals surface area contributed by atoms with E-state index in [-0.39, 0.29) is 11.4 Å². The Morgan fingerprint density at radius 3 is 2.43 bits per heavy atom. The zero-order chi connectivity index (χ0) is 19.8. The van der Waals surface area contributed by atoms with Gasteiger partial charge in [-0.25, -0.2) is 8.78 Å². The van der Waals surface area contributed by atoms with Crippen LogP contribution in [0.1, 0.15) is 10.5 Å². The highest BCUT2D eigenvalue weighted by Gasteiger charge is 2.32. The number of carbonyl (C=O) groups is 2. The minimum atomic E-state index is -1.62. The van der Waals surface area contributed by atoms with E-state index in [0.717, 1.165) is 17.5 Å². The maximum atomic E-state index is 13.5. The summed E-state index contributed by atoms with van der Waals surface area (Å²) in [6, 6.07) is 12.5. The maximum Gasteiger partial charge on any atom is 0.249 e. The standard InChI is InChI=1S/C20H12F2N4O2/c21-11-3-5-13(6-4-11)24-20(28)16(9-23)19(27)18-15-7-10-1-2-12(22)8-14(10)17(15)25-26-18/h1-8,16,25-26H,(H,24,28). The Morgan fingerprint density at radius 2 is 1.71 bits per heavy atom. The van der Waals surface area contributed by atoms with Crippen LogP contribution in [0.15, 0.2) is 48.5 Å². The first-order chi connectivity index (χ1) is 13.5. The van der Waals surface area contributed by atoms with Crippen LogP contribution in [0, 0.1) is 28.9 Å². The molecular weight excluding hydrogens is 366 g/mol. The Morgan fingerprint density at radius 1 is 1.00 bits per heavy atom. The molecule has 8 heteroatoms. The Hall–Kier alpha value is -3.99. The number of hydrogen-bond donors (Lipinski definition) is 3. The maximum absolute atomic E-state index is 13.5. The number of ketones is 1. The van der Waals surface area contributed by atoms with Gasteiger partial charge in [-0.1, -0.05) is 6.07 Å². The van der Waals surface area contributed by atoms with Crippen molar-refractivity contribution in [3.8, 4) is 17.3 Å². The van der Waals surface area contributed by atoms with E-state index in [1.54, 1.807) is 18.2 Å². The number of halogens is 2. The van der Waals surface area contributed by atoms with E-state index in [1.165, 1.54) is 24.3 Å². The number of amides is 1. The van der Waals surface area contributed by atoms with Crippen molar-refractivity contribution < 1.29 is 18.4 Å². The molecule has 0 saturated carbocycles. The van der Waals surface area contributed by atoms with Gasteiger partial charge in [0.05, 0.1) is 11.8 Å². The molecule has 0 saturated heterocycles. The highest BCUT2D eigenvalue weighted by molar-refractivity contribution is 6.18. The molecule has 1 unspecified atom stereocenters. The van der Waals surface area contributed by atoms with Crippen LogP contribution < -0.4 is 5.32 Å². The van der Waals surface area contributed by atoms with Gasteiger partial charge in [0, 0.05) is 16.6 Å². The number of Topliss-reactive ketones (excluding diaryl/α,β-unsaturated/α-hetero) is 1. The lowest BCUT2D eigenvalue weighted by Crippen LogP contribution is -2.29. The van der Waals surface area contributed by atoms with E-state index in [0.29, 0.717) is 16.6 Å². The molecule has 138 valence electrons. The van der Waals surface area contributed by atoms with E-state index in [2.05, 4.69) is 15.5 Å². The number of benzene rings is 2. The normalized spacial score (nSPS) is 12.0. The fourth-order valence-corrected chi connectivity index (χ4v) is 3.09. The number of nitriles is 1. The first-order valence-electron chi connectivity index (χ1n) is 8.26. The smallest absolute Gasteiger partial charge is 0.249 e. The van der Waals surface area contributed by atoms with Crippen LogP contribution in [-0.4, -0.2) is 21.9 Å². The molecule has 4 rings (SSSR count). The zero-order valence-corrected chi connectivity index (χ0v) is 14.2. The van der Waals surface area contributed by atoms with Gasteiger partial charge in [0.2, 0.25) is 11.7 Å². The van der Waals surface area contributed by atoms with E-state index in [1.807, 2.05) is 0 Å². The van der Waals surface area contributed by atoms with Crippen LogP contribution in [0.3, 0.4) is 0 Å². The van der Waals surface area contributed by atoms with Crippen molar-refractivity contribution in [1.82, 2.24) is 10.2 Å². The Balaban J connectivity index is 1.64. The van der Waals surface area contributed by atoms with E-state index in [4.69, 9.17) is 0 Å². The average molecular weight is 378 g/mol. The second-order valence-electron chi connectivity index (χ2n) is 6.21. The number of nitrogens with one attached hydrogen (secondary N) is 3. The number of rotatable bonds is 4. The number of H-pyrrole nitrogens is 2. The molecule has 1 aliphatic heterocycles. The highest BCUT2D eigenvalue weighted by Crippen LogP contribution is 2.36. The van der Waals surface area contributed by atoms with Gasteiger partial charge in [0.25, 0.3) is 0 Å². The van der Waals surface area contributed by atoms with Crippen LogP contribution >= 0.6 is 0 Å². The summed E-state index contributed by atoms with van der Waals surface area (Å²) >= 11 is 0. The number of anilines is 1. The minimum absolute atomic E-state index is 0.0485. The molecule has 6 nitrogen and oxygen atoms in total. The topological polar surface area (TPSA) is 102 Å². The van der Waals surface area contributed by atoms with E-state index in [9.17, 15) is 23.6 Å². The van der Waals surface area contributed by atoms with Crippen LogP contribution in [0.4, 0.5) is 14.5 Å². The quantitative estimate of drug-likeness (QED) is 0.371. The summed E-state index contributed by atoms with van der Waals surface area (Å²) in [4.78, 5) is 25.2. The highest BCUT2D eigenvalue weighted by atomic mass is 19.1. The fraction of sp³-hybridized carbons (Fsp3) is 0.0500. The first kappa shape index (κ1) is 17.4. The Labute approximate surface area is 157 Å². The summed E-state index contributed by atoms with van der Waals surface area (Å²) in [5.41, 5.74) is 1.28. The molecular formula is C20H12F2N4O2. The van der Waals surface area contributed by atoms with Crippen LogP contribution in [-0.2, 0) is 4.79 Å². The van der Waals surface area contributed by atoms with Gasteiger partial charge in [-0.05, 0) is 47.9 Å². The van der Waals surface area contributed by atoms with Crippen molar-refractivity contribution in [2.75, 3.05) is 5.32 Å². The summed E-state index contributed by atoms with van der Waals surface area (Å²) in [5.74, 6) is -4.07. The van der Waals surface area contributed by atoms with Crippen molar-refractivity contribution >= 4 is 28.2 Å². The van der Waals surface area contributed by atoms with Crippen molar-refractivity contribution in [2.45, 2.75) is 0 Å². The van der Waals surface area contributed by atoms with Gasteiger partial charge in [-0.15, -0.1) is 0 Å². The largest absolute Gasteiger partial charge is 0.325 e. The van der Waals surface area contributed by atoms with Gasteiger partial charge >= 0.3 is 0 Å². The number of fused-ring (bicyclic) bond motifs is 3. The van der Waals surface area contributed by atoms with Crippen molar-refractivity contribution in [1.29, 1.82) is 5.26 Å². The van der Waals surface area contributed by atoms with Crippen molar-refractivity contribution in [3.05, 3.63) is 65.9 Å². The minimum Gasteiger partial charge on any atom is -0.325 e. The second-order valence-corrected chi connectivity index (χ2v) is 6.21. The molecule has 3 N–H and O–H groups in total. The molecule has 0 bridgehead atoms. The number of nitrogens with zero attached hydrogens (tertiary/aromatic N) is 1. The van der Waals surface area contributed by atoms with Crippen LogP contribution in [0.25, 0.3) is 22.0 Å².